The molecule has 0 heterocycles. The monoisotopic (exact) mass is 592 g/mol. The van der Waals surface area contributed by atoms with Gasteiger partial charge in [0.2, 0.25) is 0 Å². The Morgan fingerprint density at radius 2 is 0.659 bits per heavy atom. The normalized spacial score (nSPS) is 13.0. The lowest BCUT2D eigenvalue weighted by Gasteiger charge is -2.13. The van der Waals surface area contributed by atoms with Crippen molar-refractivity contribution in [2.24, 2.45) is 0 Å². The van der Waals surface area contributed by atoms with E-state index in [0.717, 1.165) is 0 Å². The summed E-state index contributed by atoms with van der Waals surface area (Å²) in [4.78, 5) is 1.45. The van der Waals surface area contributed by atoms with Crippen LogP contribution < -0.4 is 17.3 Å². The summed E-state index contributed by atoms with van der Waals surface area (Å²) >= 11 is 0. The standard InChI is InChI=1S/C39H73N.ClH/c1-5-7-9-11-13-15-17-19-21-23-25-27-29-31-33-35-37-39(40(3)4)38-36-34-32-30-28-26-24-22-20-18-16-14-12-10-8-6-2;/h31-39H,5-30H2,1-4H3;1H. The van der Waals surface area contributed by atoms with Crippen molar-refractivity contribution in [2.75, 3.05) is 14.1 Å². The Labute approximate surface area is 266 Å². The molecule has 0 aromatic carbocycles. The highest BCUT2D eigenvalue weighted by atomic mass is 35.5. The molecule has 2 heteroatoms. The van der Waals surface area contributed by atoms with Gasteiger partial charge in [-0.25, -0.2) is 0 Å². The van der Waals surface area contributed by atoms with Gasteiger partial charge in [0.05, 0.1) is 14.1 Å². The van der Waals surface area contributed by atoms with Gasteiger partial charge in [-0.1, -0.05) is 192 Å². The first-order chi connectivity index (χ1) is 19.7. The summed E-state index contributed by atoms with van der Waals surface area (Å²) < 4.78 is 0. The lowest BCUT2D eigenvalue weighted by atomic mass is 10.0. The highest BCUT2D eigenvalue weighted by molar-refractivity contribution is 5.12. The zero-order valence-corrected chi connectivity index (χ0v) is 29.2. The molecule has 0 aliphatic carbocycles. The molecular weight excluding hydrogens is 518 g/mol. The Morgan fingerprint density at radius 3 is 0.927 bits per heavy atom. The first-order valence-corrected chi connectivity index (χ1v) is 18.2. The number of rotatable bonds is 31. The van der Waals surface area contributed by atoms with E-state index in [1.165, 1.54) is 172 Å². The van der Waals surface area contributed by atoms with Gasteiger partial charge in [0.25, 0.3) is 0 Å². The second kappa shape index (κ2) is 37.2. The van der Waals surface area contributed by atoms with Gasteiger partial charge in [-0.05, 0) is 37.8 Å². The van der Waals surface area contributed by atoms with Crippen LogP contribution in [-0.4, -0.2) is 20.1 Å². The Balaban J connectivity index is 0. The fraction of sp³-hybridized carbons (Fsp3) is 0.795. The van der Waals surface area contributed by atoms with Crippen LogP contribution >= 0.6 is 0 Å². The lowest BCUT2D eigenvalue weighted by Crippen LogP contribution is -3.09. The van der Waals surface area contributed by atoms with E-state index in [0.29, 0.717) is 6.04 Å². The van der Waals surface area contributed by atoms with Crippen LogP contribution in [0.4, 0.5) is 0 Å². The molecule has 0 atom stereocenters. The van der Waals surface area contributed by atoms with Crippen LogP contribution in [0.15, 0.2) is 48.6 Å². The van der Waals surface area contributed by atoms with E-state index >= 15 is 0 Å². The minimum atomic E-state index is 0. The number of unbranched alkanes of at least 4 members (excludes halogenated alkanes) is 24. The molecule has 0 spiro atoms. The third-order valence-corrected chi connectivity index (χ3v) is 8.25. The van der Waals surface area contributed by atoms with Gasteiger partial charge in [0.1, 0.15) is 6.04 Å². The summed E-state index contributed by atoms with van der Waals surface area (Å²) in [5.74, 6) is 0. The van der Waals surface area contributed by atoms with Crippen molar-refractivity contribution >= 4 is 0 Å². The van der Waals surface area contributed by atoms with Crippen molar-refractivity contribution in [2.45, 2.75) is 187 Å². The molecule has 0 aliphatic heterocycles. The highest BCUT2D eigenvalue weighted by Gasteiger charge is 2.04. The zero-order valence-electron chi connectivity index (χ0n) is 28.5. The SMILES string of the molecule is CCCCCCCCCCCCCCC=CC=CC(C=CC=CCCCCCCCCCCCCCC)[NH+](C)C.[Cl-]. The van der Waals surface area contributed by atoms with Crippen LogP contribution in [0, 0.1) is 0 Å². The largest absolute Gasteiger partial charge is 1.00 e. The fourth-order valence-corrected chi connectivity index (χ4v) is 5.37. The number of hydrogen-bond donors (Lipinski definition) is 1. The minimum absolute atomic E-state index is 0. The molecule has 0 saturated carbocycles. The van der Waals surface area contributed by atoms with E-state index in [1.807, 2.05) is 0 Å². The van der Waals surface area contributed by atoms with E-state index in [4.69, 9.17) is 0 Å². The van der Waals surface area contributed by atoms with Crippen LogP contribution in [0.1, 0.15) is 181 Å². The molecular formula is C39H74ClN. The third-order valence-electron chi connectivity index (χ3n) is 8.25. The third kappa shape index (κ3) is 35.3. The maximum absolute atomic E-state index is 2.35. The Hall–Kier alpha value is -0.790. The second-order valence-corrected chi connectivity index (χ2v) is 12.6. The molecule has 41 heavy (non-hydrogen) atoms. The van der Waals surface area contributed by atoms with Crippen LogP contribution in [-0.2, 0) is 0 Å². The number of allylic oxidation sites excluding steroid dienone is 6. The van der Waals surface area contributed by atoms with Gasteiger partial charge in [-0.3, -0.25) is 0 Å². The van der Waals surface area contributed by atoms with Crippen molar-refractivity contribution in [1.82, 2.24) is 0 Å². The fourth-order valence-electron chi connectivity index (χ4n) is 5.37. The maximum atomic E-state index is 2.35. The molecule has 0 amide bonds. The number of quaternary nitrogens is 1. The average Bonchev–Trinajstić information content (AvgIpc) is 2.95. The molecule has 1 N–H and O–H groups in total. The van der Waals surface area contributed by atoms with Gasteiger partial charge in [-0.2, -0.15) is 0 Å². The Bertz CT molecular complexity index is 540. The summed E-state index contributed by atoms with van der Waals surface area (Å²) in [5.41, 5.74) is 0. The van der Waals surface area contributed by atoms with Gasteiger partial charge >= 0.3 is 0 Å². The van der Waals surface area contributed by atoms with Crippen molar-refractivity contribution in [3.8, 4) is 0 Å². The average molecular weight is 592 g/mol. The number of hydrogen-bond acceptors (Lipinski definition) is 0. The highest BCUT2D eigenvalue weighted by Crippen LogP contribution is 2.14. The number of nitrogens with one attached hydrogen (secondary N) is 1. The van der Waals surface area contributed by atoms with Crippen molar-refractivity contribution < 1.29 is 17.3 Å². The van der Waals surface area contributed by atoms with E-state index in [1.54, 1.807) is 0 Å². The minimum Gasteiger partial charge on any atom is -1.00 e. The smallest absolute Gasteiger partial charge is 0.125 e. The number of likely N-dealkylation sites (N-methyl/N-ethyl adjacent to an activating group) is 1. The molecule has 0 aromatic heterocycles. The molecule has 0 rings (SSSR count). The second-order valence-electron chi connectivity index (χ2n) is 12.6. The lowest BCUT2D eigenvalue weighted by molar-refractivity contribution is -0.871. The van der Waals surface area contributed by atoms with Gasteiger partial charge in [-0.15, -0.1) is 0 Å². The van der Waals surface area contributed by atoms with Crippen molar-refractivity contribution in [1.29, 1.82) is 0 Å². The molecule has 0 unspecified atom stereocenters. The molecule has 0 aliphatic rings. The first-order valence-electron chi connectivity index (χ1n) is 18.2. The molecule has 242 valence electrons. The van der Waals surface area contributed by atoms with Gasteiger partial charge in [0.15, 0.2) is 0 Å². The molecule has 0 fully saturated rings. The van der Waals surface area contributed by atoms with Gasteiger partial charge < -0.3 is 17.3 Å². The van der Waals surface area contributed by atoms with Crippen LogP contribution in [0.5, 0.6) is 0 Å². The molecule has 0 radical (unpaired) electrons. The molecule has 1 nitrogen and oxygen atoms in total. The summed E-state index contributed by atoms with van der Waals surface area (Å²) in [6, 6.07) is 0.438. The van der Waals surface area contributed by atoms with Crippen molar-refractivity contribution in [3.63, 3.8) is 0 Å². The van der Waals surface area contributed by atoms with E-state index in [-0.39, 0.29) is 12.4 Å². The predicted molar refractivity (Wildman–Crippen MR) is 185 cm³/mol. The van der Waals surface area contributed by atoms with E-state index in [2.05, 4.69) is 76.6 Å². The van der Waals surface area contributed by atoms with Crippen LogP contribution in [0.2, 0.25) is 0 Å². The first kappa shape index (κ1) is 42.3. The summed E-state index contributed by atoms with van der Waals surface area (Å²) in [6.45, 7) is 4.60. The van der Waals surface area contributed by atoms with Gasteiger partial charge in [0, 0.05) is 0 Å². The van der Waals surface area contributed by atoms with E-state index in [9.17, 15) is 0 Å². The topological polar surface area (TPSA) is 4.44 Å². The quantitative estimate of drug-likeness (QED) is 0.0606. The summed E-state index contributed by atoms with van der Waals surface area (Å²) in [6.07, 6.45) is 55.0. The number of halogens is 1. The maximum Gasteiger partial charge on any atom is 0.125 e. The van der Waals surface area contributed by atoms with E-state index < -0.39 is 0 Å². The zero-order chi connectivity index (χ0) is 29.2. The Kier molecular flexibility index (Phi) is 38.5. The van der Waals surface area contributed by atoms with Crippen LogP contribution in [0.25, 0.3) is 0 Å². The predicted octanol–water partition coefficient (Wildman–Crippen LogP) is 8.91. The summed E-state index contributed by atoms with van der Waals surface area (Å²) in [7, 11) is 4.48. The molecule has 0 bridgehead atoms. The Morgan fingerprint density at radius 1 is 0.390 bits per heavy atom. The molecule has 0 aromatic rings. The molecule has 0 saturated heterocycles. The van der Waals surface area contributed by atoms with Crippen LogP contribution in [0.3, 0.4) is 0 Å². The summed E-state index contributed by atoms with van der Waals surface area (Å²) in [5, 5.41) is 0. The van der Waals surface area contributed by atoms with Crippen molar-refractivity contribution in [3.05, 3.63) is 48.6 Å².